The van der Waals surface area contributed by atoms with Crippen LogP contribution in [0, 0.1) is 5.41 Å². The molecule has 0 radical (unpaired) electrons. The first-order valence-electron chi connectivity index (χ1n) is 4.94. The number of hydrogen-bond donors (Lipinski definition) is 1. The smallest absolute Gasteiger partial charge is 0.214 e. The van der Waals surface area contributed by atoms with Crippen LogP contribution in [0.25, 0.3) is 0 Å². The molecule has 2 N–H and O–H groups in total. The largest absolute Gasteiger partial charge is 0.326 e. The molecule has 0 aliphatic carbocycles. The van der Waals surface area contributed by atoms with Crippen LogP contribution >= 0.6 is 12.4 Å². The van der Waals surface area contributed by atoms with Gasteiger partial charge in [0.05, 0.1) is 5.75 Å². The maximum absolute atomic E-state index is 11.9. The predicted molar refractivity (Wildman–Crippen MR) is 64.7 cm³/mol. The average Bonchev–Trinajstić information content (AvgIpc) is 2.29. The van der Waals surface area contributed by atoms with Crippen molar-refractivity contribution in [1.82, 2.24) is 4.31 Å². The van der Waals surface area contributed by atoms with E-state index in [1.54, 1.807) is 0 Å². The standard InChI is InChI=1S/C9H20N2O2S.ClH/c1-9(2,3)7-14(12,13)11-5-4-8(10)6-11;/h8H,4-7,10H2,1-3H3;1H. The van der Waals surface area contributed by atoms with E-state index >= 15 is 0 Å². The normalized spacial score (nSPS) is 23.9. The predicted octanol–water partition coefficient (Wildman–Crippen LogP) is 0.817. The number of sulfonamides is 1. The van der Waals surface area contributed by atoms with Gasteiger partial charge in [0.2, 0.25) is 10.0 Å². The maximum Gasteiger partial charge on any atom is 0.214 e. The van der Waals surface area contributed by atoms with E-state index in [4.69, 9.17) is 5.73 Å². The summed E-state index contributed by atoms with van der Waals surface area (Å²) in [5, 5.41) is 0. The van der Waals surface area contributed by atoms with Gasteiger partial charge >= 0.3 is 0 Å². The summed E-state index contributed by atoms with van der Waals surface area (Å²) in [5.74, 6) is 0.201. The minimum absolute atomic E-state index is 0. The molecule has 6 heteroatoms. The number of hydrogen-bond acceptors (Lipinski definition) is 3. The molecule has 1 heterocycles. The molecule has 0 bridgehead atoms. The second-order valence-corrected chi connectivity index (χ2v) is 7.19. The quantitative estimate of drug-likeness (QED) is 0.796. The summed E-state index contributed by atoms with van der Waals surface area (Å²) in [7, 11) is -3.10. The van der Waals surface area contributed by atoms with E-state index in [-0.39, 0.29) is 29.6 Å². The molecule has 1 saturated heterocycles. The van der Waals surface area contributed by atoms with Gasteiger partial charge in [-0.1, -0.05) is 20.8 Å². The Hall–Kier alpha value is 0.160. The molecule has 0 amide bonds. The molecular weight excluding hydrogens is 236 g/mol. The fourth-order valence-corrected chi connectivity index (χ4v) is 3.72. The average molecular weight is 257 g/mol. The summed E-state index contributed by atoms with van der Waals surface area (Å²) in [4.78, 5) is 0. The van der Waals surface area contributed by atoms with Crippen LogP contribution in [0.5, 0.6) is 0 Å². The van der Waals surface area contributed by atoms with Crippen molar-refractivity contribution in [2.45, 2.75) is 33.2 Å². The molecule has 0 spiro atoms. The highest BCUT2D eigenvalue weighted by atomic mass is 35.5. The molecule has 15 heavy (non-hydrogen) atoms. The minimum Gasteiger partial charge on any atom is -0.326 e. The molecule has 4 nitrogen and oxygen atoms in total. The molecule has 1 atom stereocenters. The van der Waals surface area contributed by atoms with E-state index in [0.717, 1.165) is 6.42 Å². The second-order valence-electron chi connectivity index (χ2n) is 5.22. The summed E-state index contributed by atoms with van der Waals surface area (Å²) >= 11 is 0. The first-order chi connectivity index (χ1) is 6.21. The van der Waals surface area contributed by atoms with Crippen LogP contribution < -0.4 is 5.73 Å². The fraction of sp³-hybridized carbons (Fsp3) is 1.00. The molecule has 92 valence electrons. The lowest BCUT2D eigenvalue weighted by molar-refractivity contribution is 0.422. The highest BCUT2D eigenvalue weighted by Crippen LogP contribution is 2.21. The van der Waals surface area contributed by atoms with Gasteiger partial charge in [-0.05, 0) is 11.8 Å². The molecule has 1 unspecified atom stereocenters. The lowest BCUT2D eigenvalue weighted by atomic mass is 10.0. The van der Waals surface area contributed by atoms with E-state index in [0.29, 0.717) is 13.1 Å². The zero-order valence-corrected chi connectivity index (χ0v) is 11.2. The molecule has 0 aromatic carbocycles. The van der Waals surface area contributed by atoms with Crippen LogP contribution in [0.15, 0.2) is 0 Å². The van der Waals surface area contributed by atoms with Crippen LogP contribution in [0.4, 0.5) is 0 Å². The van der Waals surface area contributed by atoms with Crippen molar-refractivity contribution in [2.24, 2.45) is 11.1 Å². The SMILES string of the molecule is CC(C)(C)CS(=O)(=O)N1CCC(N)C1.Cl. The van der Waals surface area contributed by atoms with Gasteiger partial charge in [-0.15, -0.1) is 12.4 Å². The summed E-state index contributed by atoms with van der Waals surface area (Å²) in [6.07, 6.45) is 0.781. The Morgan fingerprint density at radius 2 is 1.93 bits per heavy atom. The molecule has 0 aromatic rings. The highest BCUT2D eigenvalue weighted by molar-refractivity contribution is 7.89. The van der Waals surface area contributed by atoms with Crippen molar-refractivity contribution in [3.63, 3.8) is 0 Å². The Bertz CT molecular complexity index is 298. The molecule has 1 rings (SSSR count). The third-order valence-corrected chi connectivity index (χ3v) is 4.55. The van der Waals surface area contributed by atoms with E-state index in [2.05, 4.69) is 0 Å². The van der Waals surface area contributed by atoms with Crippen LogP contribution in [0.3, 0.4) is 0 Å². The third kappa shape index (κ3) is 4.68. The Morgan fingerprint density at radius 3 is 2.27 bits per heavy atom. The highest BCUT2D eigenvalue weighted by Gasteiger charge is 2.32. The molecule has 0 aromatic heterocycles. The maximum atomic E-state index is 11.9. The third-order valence-electron chi connectivity index (χ3n) is 2.20. The minimum atomic E-state index is -3.10. The summed E-state index contributed by atoms with van der Waals surface area (Å²) in [5.41, 5.74) is 5.49. The summed E-state index contributed by atoms with van der Waals surface area (Å²) in [6.45, 7) is 6.86. The monoisotopic (exact) mass is 256 g/mol. The van der Waals surface area contributed by atoms with Gasteiger partial charge in [0.25, 0.3) is 0 Å². The zero-order valence-electron chi connectivity index (χ0n) is 9.56. The van der Waals surface area contributed by atoms with E-state index in [9.17, 15) is 8.42 Å². The van der Waals surface area contributed by atoms with Crippen molar-refractivity contribution in [3.05, 3.63) is 0 Å². The van der Waals surface area contributed by atoms with E-state index in [1.165, 1.54) is 4.31 Å². The zero-order chi connectivity index (χ0) is 11.0. The first kappa shape index (κ1) is 15.2. The van der Waals surface area contributed by atoms with Crippen molar-refractivity contribution < 1.29 is 8.42 Å². The van der Waals surface area contributed by atoms with Crippen molar-refractivity contribution in [1.29, 1.82) is 0 Å². The summed E-state index contributed by atoms with van der Waals surface area (Å²) < 4.78 is 25.2. The molecular formula is C9H21ClN2O2S. The van der Waals surface area contributed by atoms with Gasteiger partial charge in [-0.2, -0.15) is 0 Å². The topological polar surface area (TPSA) is 63.4 Å². The first-order valence-corrected chi connectivity index (χ1v) is 6.55. The van der Waals surface area contributed by atoms with Gasteiger partial charge in [0.1, 0.15) is 0 Å². The lowest BCUT2D eigenvalue weighted by Gasteiger charge is -2.23. The number of rotatable bonds is 2. The molecule has 1 aliphatic heterocycles. The lowest BCUT2D eigenvalue weighted by Crippen LogP contribution is -2.37. The van der Waals surface area contributed by atoms with Gasteiger partial charge in [0, 0.05) is 19.1 Å². The van der Waals surface area contributed by atoms with Crippen molar-refractivity contribution >= 4 is 22.4 Å². The Labute approximate surface area is 98.7 Å². The summed E-state index contributed by atoms with van der Waals surface area (Å²) in [6, 6.07) is 0.0183. The van der Waals surface area contributed by atoms with Crippen LogP contribution in [0.1, 0.15) is 27.2 Å². The van der Waals surface area contributed by atoms with Gasteiger partial charge in [0.15, 0.2) is 0 Å². The van der Waals surface area contributed by atoms with Gasteiger partial charge in [-0.3, -0.25) is 0 Å². The molecule has 1 aliphatic rings. The van der Waals surface area contributed by atoms with E-state index < -0.39 is 10.0 Å². The number of nitrogens with two attached hydrogens (primary N) is 1. The van der Waals surface area contributed by atoms with E-state index in [1.807, 2.05) is 20.8 Å². The molecule has 1 fully saturated rings. The molecule has 0 saturated carbocycles. The number of nitrogens with zero attached hydrogens (tertiary/aromatic N) is 1. The fourth-order valence-electron chi connectivity index (χ4n) is 1.65. The Morgan fingerprint density at radius 1 is 1.40 bits per heavy atom. The van der Waals surface area contributed by atoms with Crippen molar-refractivity contribution in [2.75, 3.05) is 18.8 Å². The van der Waals surface area contributed by atoms with Crippen LogP contribution in [-0.4, -0.2) is 37.6 Å². The van der Waals surface area contributed by atoms with Gasteiger partial charge in [-0.25, -0.2) is 12.7 Å². The Balaban J connectivity index is 0.00000196. The van der Waals surface area contributed by atoms with Crippen LogP contribution in [0.2, 0.25) is 0 Å². The number of halogens is 1. The second kappa shape index (κ2) is 4.99. The Kier molecular flexibility index (Phi) is 5.05. The van der Waals surface area contributed by atoms with Crippen molar-refractivity contribution in [3.8, 4) is 0 Å². The van der Waals surface area contributed by atoms with Crippen LogP contribution in [-0.2, 0) is 10.0 Å². The van der Waals surface area contributed by atoms with Gasteiger partial charge < -0.3 is 5.73 Å².